The first kappa shape index (κ1) is 13.6. The van der Waals surface area contributed by atoms with Crippen LogP contribution in [-0.4, -0.2) is 59.8 Å². The van der Waals surface area contributed by atoms with Gasteiger partial charge in [-0.1, -0.05) is 12.1 Å². The van der Waals surface area contributed by atoms with E-state index < -0.39 is 0 Å². The van der Waals surface area contributed by atoms with Gasteiger partial charge in [0.2, 0.25) is 11.9 Å². The number of fused-ring (bicyclic) bond motifs is 1. The zero-order chi connectivity index (χ0) is 15.1. The van der Waals surface area contributed by atoms with Crippen LogP contribution in [0.15, 0.2) is 24.3 Å². The molecule has 2 fully saturated rings. The fourth-order valence-corrected chi connectivity index (χ4v) is 3.26. The van der Waals surface area contributed by atoms with E-state index in [9.17, 15) is 4.79 Å². The summed E-state index contributed by atoms with van der Waals surface area (Å²) in [7, 11) is 2.03. The van der Waals surface area contributed by atoms with E-state index in [0.717, 1.165) is 43.2 Å². The summed E-state index contributed by atoms with van der Waals surface area (Å²) in [6.45, 7) is 4.28. The average Bonchev–Trinajstić information content (AvgIpc) is 2.84. The van der Waals surface area contributed by atoms with E-state index in [0.29, 0.717) is 13.2 Å². The monoisotopic (exact) mass is 300 g/mol. The van der Waals surface area contributed by atoms with Crippen LogP contribution in [0.3, 0.4) is 0 Å². The molecule has 0 radical (unpaired) electrons. The lowest BCUT2D eigenvalue weighted by Gasteiger charge is -2.41. The van der Waals surface area contributed by atoms with Gasteiger partial charge in [-0.2, -0.15) is 0 Å². The lowest BCUT2D eigenvalue weighted by Crippen LogP contribution is -2.56. The highest BCUT2D eigenvalue weighted by atomic mass is 16.5. The number of imidazole rings is 1. The predicted octanol–water partition coefficient (Wildman–Crippen LogP) is 0.868. The number of carbonyl (C=O) groups is 1. The number of benzene rings is 1. The van der Waals surface area contributed by atoms with Crippen molar-refractivity contribution in [2.75, 3.05) is 44.3 Å². The van der Waals surface area contributed by atoms with Crippen LogP contribution < -0.4 is 4.90 Å². The second-order valence-electron chi connectivity index (χ2n) is 6.00. The molecule has 0 spiro atoms. The standard InChI is InChI=1S/C16H20N4O2/c1-18-14-5-3-2-4-13(14)17-16(18)20-10-12(11-20)15(21)19-6-8-22-9-7-19/h2-5,12H,6-11H2,1H3. The van der Waals surface area contributed by atoms with Crippen molar-refractivity contribution in [1.82, 2.24) is 14.5 Å². The number of aromatic nitrogens is 2. The summed E-state index contributed by atoms with van der Waals surface area (Å²) in [6, 6.07) is 8.12. The Morgan fingerprint density at radius 3 is 2.68 bits per heavy atom. The van der Waals surface area contributed by atoms with Crippen LogP contribution >= 0.6 is 0 Å². The zero-order valence-corrected chi connectivity index (χ0v) is 12.7. The molecule has 0 bridgehead atoms. The largest absolute Gasteiger partial charge is 0.378 e. The minimum atomic E-state index is 0.0953. The van der Waals surface area contributed by atoms with E-state index in [4.69, 9.17) is 4.74 Å². The van der Waals surface area contributed by atoms with E-state index in [1.54, 1.807) is 0 Å². The van der Waals surface area contributed by atoms with Gasteiger partial charge in [0.15, 0.2) is 0 Å². The Morgan fingerprint density at radius 2 is 1.95 bits per heavy atom. The molecule has 1 aromatic carbocycles. The number of carbonyl (C=O) groups excluding carboxylic acids is 1. The van der Waals surface area contributed by atoms with Gasteiger partial charge in [-0.15, -0.1) is 0 Å². The molecule has 2 aliphatic heterocycles. The maximum absolute atomic E-state index is 12.4. The van der Waals surface area contributed by atoms with Gasteiger partial charge >= 0.3 is 0 Å². The molecular weight excluding hydrogens is 280 g/mol. The Kier molecular flexibility index (Phi) is 3.26. The summed E-state index contributed by atoms with van der Waals surface area (Å²) in [5.74, 6) is 1.31. The van der Waals surface area contributed by atoms with Crippen molar-refractivity contribution in [2.24, 2.45) is 13.0 Å². The van der Waals surface area contributed by atoms with Gasteiger partial charge in [0, 0.05) is 33.2 Å². The minimum absolute atomic E-state index is 0.0953. The lowest BCUT2D eigenvalue weighted by atomic mass is 9.99. The number of rotatable bonds is 2. The van der Waals surface area contributed by atoms with Crippen LogP contribution in [-0.2, 0) is 16.6 Å². The van der Waals surface area contributed by atoms with Crippen molar-refractivity contribution >= 4 is 22.9 Å². The van der Waals surface area contributed by atoms with E-state index in [2.05, 4.69) is 20.5 Å². The van der Waals surface area contributed by atoms with Crippen LogP contribution in [0.4, 0.5) is 5.95 Å². The number of anilines is 1. The molecule has 3 heterocycles. The van der Waals surface area contributed by atoms with E-state index in [-0.39, 0.29) is 11.8 Å². The Hall–Kier alpha value is -2.08. The number of para-hydroxylation sites is 2. The molecule has 0 saturated carbocycles. The fourth-order valence-electron chi connectivity index (χ4n) is 3.26. The van der Waals surface area contributed by atoms with E-state index in [1.807, 2.05) is 30.1 Å². The summed E-state index contributed by atoms with van der Waals surface area (Å²) < 4.78 is 7.41. The van der Waals surface area contributed by atoms with E-state index >= 15 is 0 Å². The first-order valence-electron chi connectivity index (χ1n) is 7.77. The number of ether oxygens (including phenoxy) is 1. The molecule has 4 rings (SSSR count). The predicted molar refractivity (Wildman–Crippen MR) is 83.8 cm³/mol. The number of hydrogen-bond donors (Lipinski definition) is 0. The maximum atomic E-state index is 12.4. The second-order valence-corrected chi connectivity index (χ2v) is 6.00. The topological polar surface area (TPSA) is 50.6 Å². The Morgan fingerprint density at radius 1 is 1.23 bits per heavy atom. The Labute approximate surface area is 129 Å². The summed E-state index contributed by atoms with van der Waals surface area (Å²) in [5.41, 5.74) is 2.13. The number of hydrogen-bond acceptors (Lipinski definition) is 4. The highest BCUT2D eigenvalue weighted by molar-refractivity contribution is 5.83. The Bertz CT molecular complexity index is 699. The molecule has 116 valence electrons. The molecule has 6 heteroatoms. The fraction of sp³-hybridized carbons (Fsp3) is 0.500. The summed E-state index contributed by atoms with van der Waals surface area (Å²) in [5, 5.41) is 0. The smallest absolute Gasteiger partial charge is 0.229 e. The molecule has 2 aliphatic rings. The third-order valence-electron chi connectivity index (χ3n) is 4.60. The number of morpholine rings is 1. The van der Waals surface area contributed by atoms with Gasteiger partial charge in [-0.05, 0) is 12.1 Å². The summed E-state index contributed by atoms with van der Waals surface area (Å²) in [4.78, 5) is 21.2. The number of aryl methyl sites for hydroxylation is 1. The van der Waals surface area contributed by atoms with E-state index in [1.165, 1.54) is 0 Å². The zero-order valence-electron chi connectivity index (χ0n) is 12.7. The van der Waals surface area contributed by atoms with Gasteiger partial charge in [0.1, 0.15) is 0 Å². The number of amides is 1. The average molecular weight is 300 g/mol. The van der Waals surface area contributed by atoms with Crippen molar-refractivity contribution < 1.29 is 9.53 Å². The van der Waals surface area contributed by atoms with Gasteiger partial charge in [0.05, 0.1) is 30.2 Å². The van der Waals surface area contributed by atoms with Gasteiger partial charge < -0.3 is 19.1 Å². The highest BCUT2D eigenvalue weighted by Gasteiger charge is 2.37. The molecule has 6 nitrogen and oxygen atoms in total. The van der Waals surface area contributed by atoms with Crippen molar-refractivity contribution in [1.29, 1.82) is 0 Å². The molecule has 2 saturated heterocycles. The van der Waals surface area contributed by atoms with Crippen LogP contribution in [0.2, 0.25) is 0 Å². The molecule has 0 aliphatic carbocycles. The van der Waals surface area contributed by atoms with Crippen LogP contribution in [0, 0.1) is 5.92 Å². The Balaban J connectivity index is 1.46. The molecule has 0 N–H and O–H groups in total. The SMILES string of the molecule is Cn1c(N2CC(C(=O)N3CCOCC3)C2)nc2ccccc21. The second kappa shape index (κ2) is 5.28. The lowest BCUT2D eigenvalue weighted by molar-refractivity contribution is -0.140. The normalized spacial score (nSPS) is 19.5. The molecular formula is C16H20N4O2. The molecule has 0 atom stereocenters. The first-order valence-corrected chi connectivity index (χ1v) is 7.77. The van der Waals surface area contributed by atoms with Crippen LogP contribution in [0.25, 0.3) is 11.0 Å². The van der Waals surface area contributed by atoms with Crippen molar-refractivity contribution in [3.05, 3.63) is 24.3 Å². The highest BCUT2D eigenvalue weighted by Crippen LogP contribution is 2.28. The van der Waals surface area contributed by atoms with Gasteiger partial charge in [0.25, 0.3) is 0 Å². The summed E-state index contributed by atoms with van der Waals surface area (Å²) in [6.07, 6.45) is 0. The third kappa shape index (κ3) is 2.14. The first-order chi connectivity index (χ1) is 10.7. The van der Waals surface area contributed by atoms with Gasteiger partial charge in [-0.3, -0.25) is 4.79 Å². The summed E-state index contributed by atoms with van der Waals surface area (Å²) >= 11 is 0. The maximum Gasteiger partial charge on any atom is 0.229 e. The van der Waals surface area contributed by atoms with Crippen LogP contribution in [0.5, 0.6) is 0 Å². The molecule has 1 amide bonds. The minimum Gasteiger partial charge on any atom is -0.378 e. The molecule has 2 aromatic rings. The van der Waals surface area contributed by atoms with Crippen molar-refractivity contribution in [3.63, 3.8) is 0 Å². The number of nitrogens with zero attached hydrogens (tertiary/aromatic N) is 4. The molecule has 0 unspecified atom stereocenters. The molecule has 1 aromatic heterocycles. The van der Waals surface area contributed by atoms with Gasteiger partial charge in [-0.25, -0.2) is 4.98 Å². The third-order valence-corrected chi connectivity index (χ3v) is 4.60. The van der Waals surface area contributed by atoms with Crippen molar-refractivity contribution in [2.45, 2.75) is 0 Å². The van der Waals surface area contributed by atoms with Crippen molar-refractivity contribution in [3.8, 4) is 0 Å². The quantitative estimate of drug-likeness (QED) is 0.826. The van der Waals surface area contributed by atoms with Crippen LogP contribution in [0.1, 0.15) is 0 Å². The molecule has 22 heavy (non-hydrogen) atoms.